The van der Waals surface area contributed by atoms with E-state index in [1.807, 2.05) is 32.0 Å². The van der Waals surface area contributed by atoms with Gasteiger partial charge in [0.1, 0.15) is 0 Å². The van der Waals surface area contributed by atoms with Gasteiger partial charge in [0.2, 0.25) is 0 Å². The molecule has 0 aliphatic rings. The Labute approximate surface area is 122 Å². The second-order valence-corrected chi connectivity index (χ2v) is 5.00. The molecule has 1 rings (SSSR count). The molecule has 3 nitrogen and oxygen atoms in total. The van der Waals surface area contributed by atoms with Crippen LogP contribution in [0, 0.1) is 0 Å². The van der Waals surface area contributed by atoms with E-state index in [0.717, 1.165) is 21.6 Å². The minimum absolute atomic E-state index is 0.189. The van der Waals surface area contributed by atoms with Crippen molar-refractivity contribution in [2.45, 2.75) is 26.7 Å². The van der Waals surface area contributed by atoms with Gasteiger partial charge in [0, 0.05) is 35.8 Å². The van der Waals surface area contributed by atoms with Gasteiger partial charge < -0.3 is 14.8 Å². The van der Waals surface area contributed by atoms with E-state index in [-0.39, 0.29) is 6.29 Å². The van der Waals surface area contributed by atoms with Gasteiger partial charge in [-0.3, -0.25) is 0 Å². The summed E-state index contributed by atoms with van der Waals surface area (Å²) in [5, 5.41) is 4.04. The van der Waals surface area contributed by atoms with E-state index in [9.17, 15) is 0 Å². The standard InChI is InChI=1S/C13H19BrClNO2/c1-3-17-13(18-4-2)9-16-8-10-5-6-11(15)7-12(10)14/h5-7,13,16H,3-4,8-9H2,1-2H3. The second kappa shape index (κ2) is 8.88. The molecule has 18 heavy (non-hydrogen) atoms. The first-order valence-corrected chi connectivity index (χ1v) is 7.22. The van der Waals surface area contributed by atoms with Gasteiger partial charge in [-0.2, -0.15) is 0 Å². The summed E-state index contributed by atoms with van der Waals surface area (Å²) in [5.41, 5.74) is 1.16. The van der Waals surface area contributed by atoms with E-state index >= 15 is 0 Å². The molecule has 1 aromatic carbocycles. The number of benzene rings is 1. The fourth-order valence-corrected chi connectivity index (χ4v) is 2.35. The lowest BCUT2D eigenvalue weighted by Gasteiger charge is -2.17. The number of hydrogen-bond donors (Lipinski definition) is 1. The zero-order chi connectivity index (χ0) is 13.4. The highest BCUT2D eigenvalue weighted by molar-refractivity contribution is 9.10. The molecular weight excluding hydrogens is 318 g/mol. The number of halogens is 2. The summed E-state index contributed by atoms with van der Waals surface area (Å²) in [5.74, 6) is 0. The van der Waals surface area contributed by atoms with E-state index in [4.69, 9.17) is 21.1 Å². The van der Waals surface area contributed by atoms with E-state index in [2.05, 4.69) is 21.2 Å². The molecule has 0 amide bonds. The molecule has 0 radical (unpaired) electrons. The normalized spacial score (nSPS) is 11.2. The Morgan fingerprint density at radius 3 is 2.50 bits per heavy atom. The Kier molecular flexibility index (Phi) is 7.86. The van der Waals surface area contributed by atoms with Gasteiger partial charge in [0.15, 0.2) is 6.29 Å². The summed E-state index contributed by atoms with van der Waals surface area (Å²) in [7, 11) is 0. The van der Waals surface area contributed by atoms with Crippen molar-refractivity contribution in [3.8, 4) is 0 Å². The van der Waals surface area contributed by atoms with Gasteiger partial charge in [0.25, 0.3) is 0 Å². The highest BCUT2D eigenvalue weighted by Gasteiger charge is 2.07. The summed E-state index contributed by atoms with van der Waals surface area (Å²) in [6.07, 6.45) is -0.189. The summed E-state index contributed by atoms with van der Waals surface area (Å²) >= 11 is 9.38. The molecule has 0 fully saturated rings. The average Bonchev–Trinajstić information content (AvgIpc) is 2.32. The maximum absolute atomic E-state index is 5.89. The van der Waals surface area contributed by atoms with Crippen LogP contribution < -0.4 is 5.32 Å². The highest BCUT2D eigenvalue weighted by atomic mass is 79.9. The molecule has 0 aliphatic heterocycles. The van der Waals surface area contributed by atoms with E-state index in [1.54, 1.807) is 0 Å². The lowest BCUT2D eigenvalue weighted by atomic mass is 10.2. The van der Waals surface area contributed by atoms with Crippen LogP contribution in [0.15, 0.2) is 22.7 Å². The smallest absolute Gasteiger partial charge is 0.169 e. The molecule has 0 heterocycles. The maximum atomic E-state index is 5.89. The van der Waals surface area contributed by atoms with Crippen LogP contribution in [0.2, 0.25) is 5.02 Å². The van der Waals surface area contributed by atoms with Crippen molar-refractivity contribution in [3.63, 3.8) is 0 Å². The summed E-state index contributed by atoms with van der Waals surface area (Å²) in [6, 6.07) is 5.77. The van der Waals surface area contributed by atoms with Crippen molar-refractivity contribution in [1.82, 2.24) is 5.32 Å². The van der Waals surface area contributed by atoms with Gasteiger partial charge in [0.05, 0.1) is 0 Å². The molecule has 102 valence electrons. The molecule has 0 unspecified atom stereocenters. The molecule has 0 bridgehead atoms. The van der Waals surface area contributed by atoms with Crippen molar-refractivity contribution < 1.29 is 9.47 Å². The molecule has 0 spiro atoms. The average molecular weight is 337 g/mol. The minimum atomic E-state index is -0.189. The third-order valence-corrected chi connectivity index (χ3v) is 3.32. The molecule has 1 aromatic rings. The first-order chi connectivity index (χ1) is 8.67. The molecule has 0 saturated carbocycles. The predicted molar refractivity (Wildman–Crippen MR) is 77.9 cm³/mol. The number of hydrogen-bond acceptors (Lipinski definition) is 3. The van der Waals surface area contributed by atoms with Crippen LogP contribution in [0.25, 0.3) is 0 Å². The first kappa shape index (κ1) is 15.9. The third kappa shape index (κ3) is 5.67. The number of nitrogens with one attached hydrogen (secondary N) is 1. The van der Waals surface area contributed by atoms with Crippen LogP contribution in [0.4, 0.5) is 0 Å². The molecule has 0 aliphatic carbocycles. The largest absolute Gasteiger partial charge is 0.352 e. The van der Waals surface area contributed by atoms with Crippen LogP contribution in [0.3, 0.4) is 0 Å². The van der Waals surface area contributed by atoms with Gasteiger partial charge >= 0.3 is 0 Å². The Morgan fingerprint density at radius 1 is 1.28 bits per heavy atom. The molecule has 5 heteroatoms. The van der Waals surface area contributed by atoms with Crippen LogP contribution in [-0.4, -0.2) is 26.0 Å². The Morgan fingerprint density at radius 2 is 1.94 bits per heavy atom. The van der Waals surface area contributed by atoms with E-state index in [0.29, 0.717) is 19.8 Å². The van der Waals surface area contributed by atoms with Crippen LogP contribution in [-0.2, 0) is 16.0 Å². The second-order valence-electron chi connectivity index (χ2n) is 3.71. The summed E-state index contributed by atoms with van der Waals surface area (Å²) in [4.78, 5) is 0. The van der Waals surface area contributed by atoms with Crippen molar-refractivity contribution >= 4 is 27.5 Å². The summed E-state index contributed by atoms with van der Waals surface area (Å²) < 4.78 is 11.9. The fraction of sp³-hybridized carbons (Fsp3) is 0.538. The van der Waals surface area contributed by atoms with Crippen molar-refractivity contribution in [1.29, 1.82) is 0 Å². The lowest BCUT2D eigenvalue weighted by Crippen LogP contribution is -2.31. The molecule has 0 saturated heterocycles. The van der Waals surface area contributed by atoms with E-state index in [1.165, 1.54) is 0 Å². The quantitative estimate of drug-likeness (QED) is 0.736. The number of ether oxygens (including phenoxy) is 2. The third-order valence-electron chi connectivity index (χ3n) is 2.35. The summed E-state index contributed by atoms with van der Waals surface area (Å²) in [6.45, 7) is 6.63. The van der Waals surface area contributed by atoms with Crippen molar-refractivity contribution in [2.24, 2.45) is 0 Å². The molecule has 0 atom stereocenters. The topological polar surface area (TPSA) is 30.5 Å². The molecule has 1 N–H and O–H groups in total. The monoisotopic (exact) mass is 335 g/mol. The Balaban J connectivity index is 2.39. The fourth-order valence-electron chi connectivity index (χ4n) is 1.53. The van der Waals surface area contributed by atoms with Crippen LogP contribution >= 0.6 is 27.5 Å². The first-order valence-electron chi connectivity index (χ1n) is 6.05. The SMILES string of the molecule is CCOC(CNCc1ccc(Cl)cc1Br)OCC. The number of rotatable bonds is 8. The Bertz CT molecular complexity index is 357. The highest BCUT2D eigenvalue weighted by Crippen LogP contribution is 2.21. The molecular formula is C13H19BrClNO2. The maximum Gasteiger partial charge on any atom is 0.169 e. The van der Waals surface area contributed by atoms with Crippen LogP contribution in [0.5, 0.6) is 0 Å². The lowest BCUT2D eigenvalue weighted by molar-refractivity contribution is -0.133. The zero-order valence-corrected chi connectivity index (χ0v) is 13.1. The van der Waals surface area contributed by atoms with Crippen molar-refractivity contribution in [3.05, 3.63) is 33.3 Å². The van der Waals surface area contributed by atoms with Gasteiger partial charge in [-0.1, -0.05) is 33.6 Å². The van der Waals surface area contributed by atoms with Gasteiger partial charge in [-0.25, -0.2) is 0 Å². The Hall–Kier alpha value is -0.130. The zero-order valence-electron chi connectivity index (χ0n) is 10.7. The van der Waals surface area contributed by atoms with Crippen molar-refractivity contribution in [2.75, 3.05) is 19.8 Å². The van der Waals surface area contributed by atoms with E-state index < -0.39 is 0 Å². The predicted octanol–water partition coefficient (Wildman–Crippen LogP) is 3.59. The minimum Gasteiger partial charge on any atom is -0.352 e. The van der Waals surface area contributed by atoms with Gasteiger partial charge in [-0.05, 0) is 31.5 Å². The molecule has 0 aromatic heterocycles. The van der Waals surface area contributed by atoms with Gasteiger partial charge in [-0.15, -0.1) is 0 Å². The van der Waals surface area contributed by atoms with Crippen LogP contribution in [0.1, 0.15) is 19.4 Å².